The Balaban J connectivity index is 0.000000117. The fraction of sp³-hybridized carbons (Fsp3) is 0.394. The van der Waals surface area contributed by atoms with E-state index in [9.17, 15) is 41.7 Å². The largest absolute Gasteiger partial charge is 0.534 e. The topological polar surface area (TPSA) is 355 Å². The van der Waals surface area contributed by atoms with Crippen LogP contribution in [0.5, 0.6) is 5.75 Å². The maximum Gasteiger partial charge on any atom is 0.534 e. The molecule has 16 heterocycles. The first kappa shape index (κ1) is 71.3. The number of halogens is 4. The average Bonchev–Trinajstić information content (AvgIpc) is 1.69. The van der Waals surface area contributed by atoms with Gasteiger partial charge < -0.3 is 33.9 Å². The van der Waals surface area contributed by atoms with Gasteiger partial charge in [0.1, 0.15) is 46.1 Å². The van der Waals surface area contributed by atoms with Crippen molar-refractivity contribution in [1.82, 2.24) is 88.8 Å². The molecule has 4 saturated carbocycles. The molecule has 2 N–H and O–H groups in total. The molecule has 4 aliphatic carbocycles. The zero-order valence-corrected chi connectivity index (χ0v) is 60.5. The van der Waals surface area contributed by atoms with Gasteiger partial charge in [0.2, 0.25) is 12.8 Å². The highest BCUT2D eigenvalue weighted by molar-refractivity contribution is 7.88. The van der Waals surface area contributed by atoms with Crippen molar-refractivity contribution in [2.24, 2.45) is 33.0 Å². The van der Waals surface area contributed by atoms with Crippen molar-refractivity contribution in [3.8, 4) is 68.6 Å². The summed E-state index contributed by atoms with van der Waals surface area (Å²) in [6.45, 7) is 8.04. The van der Waals surface area contributed by atoms with E-state index in [1.54, 1.807) is 81.1 Å². The molecule has 107 heavy (non-hydrogen) atoms. The van der Waals surface area contributed by atoms with Gasteiger partial charge in [-0.3, -0.25) is 28.6 Å². The molecule has 4 atom stereocenters. The Morgan fingerprint density at radius 2 is 0.963 bits per heavy atom. The van der Waals surface area contributed by atoms with E-state index >= 15 is 0 Å². The first-order valence-corrected chi connectivity index (χ1v) is 36.2. The van der Waals surface area contributed by atoms with Gasteiger partial charge in [-0.1, -0.05) is 17.7 Å². The smallest absolute Gasteiger partial charge is 0.399 e. The SMILES string of the molecule is Cn1cc(-c2cc(-c3cnc(N4C5CC6CC4CC(NC=O)(C6)C5)cn3)c3c(C#N)cnn3c2)cn1.Cn1cc(-c2cc(B3OC(C)(C)C(C)(C)O3)c3c(C#N)cnn3c2)cn1.Cn1cc(-c2cc(OS(=O)(=O)C(F)(F)F)c3c(C#N)cnn3c2)cn1.O=CNC12CC3CC(C1)N(c1cnc(Cl)cn1)C(C3)C2. The van der Waals surface area contributed by atoms with Crippen LogP contribution in [0.1, 0.15) is 109 Å². The first-order valence-electron chi connectivity index (χ1n) is 34.5. The highest BCUT2D eigenvalue weighted by Crippen LogP contribution is 2.54. The molecule has 0 spiro atoms. The number of pyridine rings is 3. The van der Waals surface area contributed by atoms with Gasteiger partial charge in [-0.2, -0.15) is 68.0 Å². The van der Waals surface area contributed by atoms with Crippen LogP contribution in [0.15, 0.2) is 117 Å². The molecule has 9 fully saturated rings. The molecule has 0 radical (unpaired) electrons. The normalized spacial score (nSPS) is 23.3. The molecule has 30 nitrogen and oxygen atoms in total. The predicted octanol–water partition coefficient (Wildman–Crippen LogP) is 8.21. The van der Waals surface area contributed by atoms with Gasteiger partial charge in [0.15, 0.2) is 5.75 Å². The van der Waals surface area contributed by atoms with Crippen LogP contribution >= 0.6 is 11.6 Å². The minimum absolute atomic E-state index is 0.0224. The lowest BCUT2D eigenvalue weighted by Crippen LogP contribution is -2.68. The Bertz CT molecular complexity index is 5490. The third kappa shape index (κ3) is 13.3. The van der Waals surface area contributed by atoms with Gasteiger partial charge in [-0.05, 0) is 116 Å². The van der Waals surface area contributed by atoms with Gasteiger partial charge in [0.25, 0.3) is 0 Å². The van der Waals surface area contributed by atoms with E-state index in [-0.39, 0.29) is 22.2 Å². The fourth-order valence-electron chi connectivity index (χ4n) is 17.0. The summed E-state index contributed by atoms with van der Waals surface area (Å²) in [4.78, 5) is 45.3. The van der Waals surface area contributed by atoms with Crippen LogP contribution in [0.4, 0.5) is 24.8 Å². The standard InChI is InChI=1S/C26H25N9O.C18H20BN5O2.C14H17ClN4O.C13H8F3N5O3S/c1-33-13-19(10-31-33)17-4-22(25-18(8-27)9-32-34(25)14-17)23-11-29-24(12-28-23)35-20-2-16-3-21(35)7-26(5-16,6-20)30-15-36;1-17(2)18(3,4)26-19(25-17)15-6-12(14-9-21-23(5)10-14)11-24-16(15)13(7-20)8-22-24;15-12-6-17-13(7-16-12)19-10-1-9-2-11(19)5-14(3-9,4-10)18-8-20;1-20-6-10(5-18-20)8-2-11(24-25(22,23)13(14,15)16)12-9(3-17)4-19-21(12)7-8/h4,9-16,20-21H,2-3,5-7H2,1H3,(H,30,36);6,8-11H,1-5H3;6-11H,1-5H2,(H,18,20);2,4-7H,1H3. The highest BCUT2D eigenvalue weighted by atomic mass is 35.5. The third-order valence-electron chi connectivity index (χ3n) is 21.9. The van der Waals surface area contributed by atoms with Crippen LogP contribution in [0.2, 0.25) is 5.15 Å². The number of nitriles is 3. The molecule has 5 saturated heterocycles. The van der Waals surface area contributed by atoms with Crippen LogP contribution in [0.3, 0.4) is 0 Å². The minimum Gasteiger partial charge on any atom is -0.399 e. The monoisotopic (exact) mass is 1490 g/mol. The summed E-state index contributed by atoms with van der Waals surface area (Å²) in [5.41, 5.74) is 2.36. The van der Waals surface area contributed by atoms with Crippen LogP contribution in [0, 0.1) is 45.8 Å². The number of nitrogens with zero attached hydrogens (tertiary/aromatic N) is 21. The Hall–Kier alpha value is -11.3. The second kappa shape index (κ2) is 26.9. The number of hydrogen-bond acceptors (Lipinski definition) is 22. The number of nitrogens with one attached hydrogen (secondary N) is 2. The second-order valence-electron chi connectivity index (χ2n) is 29.5. The maximum atomic E-state index is 12.6. The second-order valence-corrected chi connectivity index (χ2v) is 31.4. The summed E-state index contributed by atoms with van der Waals surface area (Å²) in [6, 6.07) is 12.9. The maximum absolute atomic E-state index is 12.6. The number of aryl methyl sites for hydroxylation is 3. The summed E-state index contributed by atoms with van der Waals surface area (Å²) in [6.07, 6.45) is 39.6. The average molecular weight is 1490 g/mol. The Morgan fingerprint density at radius 3 is 1.37 bits per heavy atom. The zero-order chi connectivity index (χ0) is 75.3. The molecule has 5 aliphatic heterocycles. The Morgan fingerprint density at radius 1 is 0.542 bits per heavy atom. The van der Waals surface area contributed by atoms with Crippen LogP contribution < -0.4 is 30.1 Å². The molecular weight excluding hydrogens is 1420 g/mol. The minimum atomic E-state index is -5.91. The van der Waals surface area contributed by atoms with Crippen molar-refractivity contribution in [2.75, 3.05) is 9.80 Å². The van der Waals surface area contributed by atoms with E-state index < -0.39 is 39.7 Å². The van der Waals surface area contributed by atoms with E-state index in [0.29, 0.717) is 74.2 Å². The fourth-order valence-corrected chi connectivity index (χ4v) is 17.6. The van der Waals surface area contributed by atoms with Crippen LogP contribution in [-0.4, -0.2) is 158 Å². The summed E-state index contributed by atoms with van der Waals surface area (Å²) < 4.78 is 86.8. The van der Waals surface area contributed by atoms with E-state index in [1.165, 1.54) is 29.9 Å². The number of aromatic nitrogens is 16. The number of amides is 2. The number of fused-ring (bicyclic) bond motifs is 3. The highest BCUT2D eigenvalue weighted by Gasteiger charge is 2.57. The number of anilines is 2. The molecule has 11 aromatic heterocycles. The zero-order valence-electron chi connectivity index (χ0n) is 58.9. The molecule has 2 amide bonds. The molecule has 548 valence electrons. The number of carbonyl (C=O) groups excluding carboxylic acids is 2. The number of alkyl halides is 3. The first-order chi connectivity index (χ1) is 51.1. The quantitative estimate of drug-likeness (QED) is 0.0475. The number of rotatable bonds is 13. The summed E-state index contributed by atoms with van der Waals surface area (Å²) >= 11 is 5.82. The lowest BCUT2D eigenvalue weighted by Gasteiger charge is -2.61. The molecule has 9 aliphatic rings. The van der Waals surface area contributed by atoms with Crippen molar-refractivity contribution in [3.63, 3.8) is 0 Å². The van der Waals surface area contributed by atoms with E-state index in [2.05, 4.69) is 77.3 Å². The van der Waals surface area contributed by atoms with Crippen molar-refractivity contribution in [3.05, 3.63) is 139 Å². The molecule has 8 bridgehead atoms. The predicted molar refractivity (Wildman–Crippen MR) is 383 cm³/mol. The lowest BCUT2D eigenvalue weighted by molar-refractivity contribution is -0.114. The third-order valence-corrected chi connectivity index (χ3v) is 23.1. The van der Waals surface area contributed by atoms with Crippen molar-refractivity contribution >= 4 is 75.3 Å². The molecule has 0 aromatic carbocycles. The van der Waals surface area contributed by atoms with E-state index in [4.69, 9.17) is 36.1 Å². The Labute approximate surface area is 615 Å². The van der Waals surface area contributed by atoms with Crippen LogP contribution in [0.25, 0.3) is 61.2 Å². The van der Waals surface area contributed by atoms with Gasteiger partial charge in [-0.25, -0.2) is 28.5 Å². The van der Waals surface area contributed by atoms with Gasteiger partial charge in [0.05, 0.1) is 101 Å². The van der Waals surface area contributed by atoms with Crippen molar-refractivity contribution < 1.29 is 44.7 Å². The van der Waals surface area contributed by atoms with Crippen molar-refractivity contribution in [1.29, 1.82) is 15.8 Å². The number of hydrogen-bond donors (Lipinski definition) is 2. The summed E-state index contributed by atoms with van der Waals surface area (Å²) in [7, 11) is -1.10. The van der Waals surface area contributed by atoms with Crippen molar-refractivity contribution in [2.45, 2.75) is 144 Å². The molecule has 36 heteroatoms. The molecular formula is C71H70BClF3N23O7S. The Kier molecular flexibility index (Phi) is 17.9. The lowest BCUT2D eigenvalue weighted by atomic mass is 9.59. The molecule has 4 unspecified atom stereocenters. The van der Waals surface area contributed by atoms with E-state index in [0.717, 1.165) is 132 Å². The molecule has 11 aromatic rings. The van der Waals surface area contributed by atoms with Gasteiger partial charge in [-0.15, -0.1) is 0 Å². The number of piperidine rings is 4. The van der Waals surface area contributed by atoms with E-state index in [1.807, 2.05) is 84.9 Å². The summed E-state index contributed by atoms with van der Waals surface area (Å²) in [5.74, 6) is 2.53. The van der Waals surface area contributed by atoms with Gasteiger partial charge in [0, 0.05) is 138 Å². The molecule has 20 rings (SSSR count). The van der Waals surface area contributed by atoms with Gasteiger partial charge >= 0.3 is 22.7 Å². The van der Waals surface area contributed by atoms with Crippen LogP contribution in [-0.2, 0) is 50.2 Å². The summed E-state index contributed by atoms with van der Waals surface area (Å²) in [5, 5.41) is 60.0. The number of carbonyl (C=O) groups is 2.